The largest absolute Gasteiger partial charge is 0.389 e. The highest BCUT2D eigenvalue weighted by Crippen LogP contribution is 2.30. The maximum absolute atomic E-state index is 9.52. The molecule has 0 fully saturated rings. The van der Waals surface area contributed by atoms with Gasteiger partial charge in [-0.05, 0) is 44.9 Å². The second kappa shape index (κ2) is 6.27. The maximum Gasteiger partial charge on any atom is 0.0762 e. The van der Waals surface area contributed by atoms with Crippen molar-refractivity contribution < 1.29 is 5.11 Å². The fourth-order valence-electron chi connectivity index (χ4n) is 1.91. The molecular formula is C14H22ClNO. The Morgan fingerprint density at radius 2 is 1.94 bits per heavy atom. The van der Waals surface area contributed by atoms with Crippen LogP contribution < -0.4 is 4.90 Å². The van der Waals surface area contributed by atoms with Crippen molar-refractivity contribution in [2.45, 2.75) is 46.3 Å². The van der Waals surface area contributed by atoms with Crippen molar-refractivity contribution in [2.75, 3.05) is 11.4 Å². The van der Waals surface area contributed by atoms with Gasteiger partial charge in [-0.2, -0.15) is 0 Å². The zero-order valence-electron chi connectivity index (χ0n) is 11.1. The first-order valence-electron chi connectivity index (χ1n) is 6.21. The molecule has 1 unspecified atom stereocenters. The zero-order chi connectivity index (χ0) is 13.0. The van der Waals surface area contributed by atoms with Crippen molar-refractivity contribution in [2.24, 2.45) is 0 Å². The molecule has 3 heteroatoms. The number of anilines is 1. The molecule has 0 bridgehead atoms. The third-order valence-corrected chi connectivity index (χ3v) is 3.15. The fraction of sp³-hybridized carbons (Fsp3) is 0.571. The summed E-state index contributed by atoms with van der Waals surface area (Å²) in [6, 6.07) is 6.22. The van der Waals surface area contributed by atoms with Gasteiger partial charge in [0, 0.05) is 12.6 Å². The molecular weight excluding hydrogens is 234 g/mol. The molecule has 1 rings (SSSR count). The van der Waals surface area contributed by atoms with Gasteiger partial charge >= 0.3 is 0 Å². The van der Waals surface area contributed by atoms with Crippen LogP contribution in [0.4, 0.5) is 5.69 Å². The van der Waals surface area contributed by atoms with Gasteiger partial charge in [-0.3, -0.25) is 0 Å². The molecule has 0 saturated heterocycles. The average Bonchev–Trinajstić information content (AvgIpc) is 2.26. The third kappa shape index (κ3) is 3.62. The summed E-state index contributed by atoms with van der Waals surface area (Å²) in [5, 5.41) is 10.2. The number of aliphatic hydroxyl groups excluding tert-OH is 1. The molecule has 0 spiro atoms. The van der Waals surface area contributed by atoms with E-state index in [1.807, 2.05) is 18.2 Å². The number of hydrogen-bond acceptors (Lipinski definition) is 2. The van der Waals surface area contributed by atoms with Crippen LogP contribution in [0.25, 0.3) is 0 Å². The molecule has 96 valence electrons. The van der Waals surface area contributed by atoms with Crippen molar-refractivity contribution >= 4 is 17.3 Å². The predicted molar refractivity (Wildman–Crippen MR) is 74.9 cm³/mol. The highest BCUT2D eigenvalue weighted by Gasteiger charge is 2.14. The van der Waals surface area contributed by atoms with E-state index in [9.17, 15) is 5.11 Å². The first-order valence-corrected chi connectivity index (χ1v) is 6.59. The number of benzene rings is 1. The Balaban J connectivity index is 3.04. The van der Waals surface area contributed by atoms with Gasteiger partial charge in [0.1, 0.15) is 0 Å². The lowest BCUT2D eigenvalue weighted by Crippen LogP contribution is -2.31. The zero-order valence-corrected chi connectivity index (χ0v) is 11.8. The first kappa shape index (κ1) is 14.3. The van der Waals surface area contributed by atoms with Crippen molar-refractivity contribution in [1.29, 1.82) is 0 Å². The van der Waals surface area contributed by atoms with E-state index in [4.69, 9.17) is 11.6 Å². The third-order valence-electron chi connectivity index (χ3n) is 2.85. The van der Waals surface area contributed by atoms with Crippen LogP contribution in [0.15, 0.2) is 18.2 Å². The molecule has 1 N–H and O–H groups in total. The number of rotatable bonds is 5. The Bertz CT molecular complexity index is 363. The molecule has 0 amide bonds. The molecule has 0 aromatic heterocycles. The van der Waals surface area contributed by atoms with E-state index in [-0.39, 0.29) is 0 Å². The van der Waals surface area contributed by atoms with Crippen LogP contribution >= 0.6 is 11.6 Å². The van der Waals surface area contributed by atoms with E-state index in [1.165, 1.54) is 0 Å². The highest BCUT2D eigenvalue weighted by molar-refractivity contribution is 6.33. The quantitative estimate of drug-likeness (QED) is 0.859. The van der Waals surface area contributed by atoms with Crippen LogP contribution in [0.2, 0.25) is 5.02 Å². The van der Waals surface area contributed by atoms with Crippen LogP contribution in [0.5, 0.6) is 0 Å². The SMILES string of the molecule is CCCN(c1ccc(C(C)O)cc1Cl)C(C)C. The van der Waals surface area contributed by atoms with E-state index in [0.717, 1.165) is 24.2 Å². The van der Waals surface area contributed by atoms with Gasteiger partial charge in [0.25, 0.3) is 0 Å². The monoisotopic (exact) mass is 255 g/mol. The lowest BCUT2D eigenvalue weighted by atomic mass is 10.1. The Labute approximate surface area is 109 Å². The molecule has 0 aliphatic carbocycles. The summed E-state index contributed by atoms with van der Waals surface area (Å²) in [7, 11) is 0. The van der Waals surface area contributed by atoms with Gasteiger partial charge < -0.3 is 10.0 Å². The summed E-state index contributed by atoms with van der Waals surface area (Å²) >= 11 is 6.30. The van der Waals surface area contributed by atoms with Gasteiger partial charge in [-0.15, -0.1) is 0 Å². The minimum absolute atomic E-state index is 0.421. The number of nitrogens with zero attached hydrogens (tertiary/aromatic N) is 1. The Hall–Kier alpha value is -0.730. The van der Waals surface area contributed by atoms with Crippen molar-refractivity contribution in [1.82, 2.24) is 0 Å². The topological polar surface area (TPSA) is 23.5 Å². The van der Waals surface area contributed by atoms with Crippen LogP contribution in [-0.4, -0.2) is 17.7 Å². The first-order chi connectivity index (χ1) is 7.97. The van der Waals surface area contributed by atoms with Crippen LogP contribution in [0.3, 0.4) is 0 Å². The van der Waals surface area contributed by atoms with E-state index in [2.05, 4.69) is 25.7 Å². The second-order valence-electron chi connectivity index (χ2n) is 4.67. The molecule has 1 aromatic rings. The minimum atomic E-state index is -0.472. The normalized spacial score (nSPS) is 12.9. The van der Waals surface area contributed by atoms with E-state index in [1.54, 1.807) is 6.92 Å². The Kier molecular flexibility index (Phi) is 5.29. The summed E-state index contributed by atoms with van der Waals surface area (Å²) in [5.41, 5.74) is 1.91. The fourth-order valence-corrected chi connectivity index (χ4v) is 2.21. The summed E-state index contributed by atoms with van der Waals surface area (Å²) < 4.78 is 0. The smallest absolute Gasteiger partial charge is 0.0762 e. The lowest BCUT2D eigenvalue weighted by Gasteiger charge is -2.29. The van der Waals surface area contributed by atoms with Gasteiger partial charge in [0.05, 0.1) is 16.8 Å². The molecule has 0 heterocycles. The summed E-state index contributed by atoms with van der Waals surface area (Å²) in [6.07, 6.45) is 0.618. The summed E-state index contributed by atoms with van der Waals surface area (Å²) in [4.78, 5) is 2.29. The molecule has 0 aliphatic heterocycles. The minimum Gasteiger partial charge on any atom is -0.389 e. The van der Waals surface area contributed by atoms with Gasteiger partial charge in [0.2, 0.25) is 0 Å². The molecule has 1 aromatic carbocycles. The summed E-state index contributed by atoms with van der Waals surface area (Å²) in [6.45, 7) is 9.22. The highest BCUT2D eigenvalue weighted by atomic mass is 35.5. The number of aliphatic hydroxyl groups is 1. The van der Waals surface area contributed by atoms with E-state index >= 15 is 0 Å². The molecule has 0 saturated carbocycles. The standard InChI is InChI=1S/C14H22ClNO/c1-5-8-16(10(2)3)14-7-6-12(11(4)17)9-13(14)15/h6-7,9-11,17H,5,8H2,1-4H3. The van der Waals surface area contributed by atoms with Crippen molar-refractivity contribution in [3.8, 4) is 0 Å². The van der Waals surface area contributed by atoms with Crippen molar-refractivity contribution in [3.63, 3.8) is 0 Å². The van der Waals surface area contributed by atoms with Gasteiger partial charge in [-0.25, -0.2) is 0 Å². The summed E-state index contributed by atoms with van der Waals surface area (Å²) in [5.74, 6) is 0. The molecule has 17 heavy (non-hydrogen) atoms. The van der Waals surface area contributed by atoms with Crippen LogP contribution in [0.1, 0.15) is 45.8 Å². The average molecular weight is 256 g/mol. The second-order valence-corrected chi connectivity index (χ2v) is 5.08. The van der Waals surface area contributed by atoms with Crippen LogP contribution in [-0.2, 0) is 0 Å². The van der Waals surface area contributed by atoms with Gasteiger partial charge in [-0.1, -0.05) is 24.6 Å². The lowest BCUT2D eigenvalue weighted by molar-refractivity contribution is 0.199. The van der Waals surface area contributed by atoms with Crippen molar-refractivity contribution in [3.05, 3.63) is 28.8 Å². The van der Waals surface area contributed by atoms with E-state index < -0.39 is 6.10 Å². The van der Waals surface area contributed by atoms with E-state index in [0.29, 0.717) is 11.1 Å². The number of hydrogen-bond donors (Lipinski definition) is 1. The molecule has 2 nitrogen and oxygen atoms in total. The van der Waals surface area contributed by atoms with Crippen LogP contribution in [0, 0.1) is 0 Å². The molecule has 1 atom stereocenters. The molecule has 0 aliphatic rings. The molecule has 0 radical (unpaired) electrons. The maximum atomic E-state index is 9.52. The van der Waals surface area contributed by atoms with Gasteiger partial charge in [0.15, 0.2) is 0 Å². The predicted octanol–water partition coefficient (Wildman–Crippen LogP) is 4.02. The Morgan fingerprint density at radius 1 is 1.29 bits per heavy atom. The number of halogens is 1. The Morgan fingerprint density at radius 3 is 2.35 bits per heavy atom.